The Hall–Kier alpha value is -1.18. The molecule has 20 heavy (non-hydrogen) atoms. The third kappa shape index (κ3) is 1.57. The SMILES string of the molecule is C[C@]12CCC3=C4CCC(=O)CC4=CC[C@H]3[C@H]1CCC2=O. The summed E-state index contributed by atoms with van der Waals surface area (Å²) < 4.78 is 0. The van der Waals surface area contributed by atoms with Crippen molar-refractivity contribution in [1.29, 1.82) is 0 Å². The van der Waals surface area contributed by atoms with Crippen molar-refractivity contribution in [2.45, 2.75) is 58.3 Å². The second kappa shape index (κ2) is 4.16. The Bertz CT molecular complexity index is 566. The van der Waals surface area contributed by atoms with Gasteiger partial charge in [0.25, 0.3) is 0 Å². The lowest BCUT2D eigenvalue weighted by molar-refractivity contribution is -0.128. The molecular weight excluding hydrogens is 248 g/mol. The number of allylic oxidation sites excluding steroid dienone is 4. The average molecular weight is 270 g/mol. The van der Waals surface area contributed by atoms with E-state index in [1.165, 1.54) is 11.1 Å². The molecule has 3 saturated carbocycles. The molecule has 0 aromatic carbocycles. The minimum absolute atomic E-state index is 0.0510. The minimum atomic E-state index is -0.0510. The van der Waals surface area contributed by atoms with Crippen molar-refractivity contribution in [1.82, 2.24) is 0 Å². The molecule has 4 aliphatic carbocycles. The fourth-order valence-electron chi connectivity index (χ4n) is 5.24. The Labute approximate surface area is 120 Å². The molecule has 2 nitrogen and oxygen atoms in total. The van der Waals surface area contributed by atoms with Gasteiger partial charge in [-0.3, -0.25) is 9.59 Å². The van der Waals surface area contributed by atoms with Crippen LogP contribution in [-0.4, -0.2) is 11.6 Å². The normalized spacial score (nSPS) is 40.1. The van der Waals surface area contributed by atoms with Crippen LogP contribution in [0.15, 0.2) is 22.8 Å². The molecule has 0 N–H and O–H groups in total. The zero-order valence-corrected chi connectivity index (χ0v) is 12.2. The predicted octanol–water partition coefficient (Wildman–Crippen LogP) is 3.76. The molecule has 0 aromatic heterocycles. The van der Waals surface area contributed by atoms with Crippen molar-refractivity contribution < 1.29 is 9.59 Å². The van der Waals surface area contributed by atoms with Crippen molar-refractivity contribution in [3.63, 3.8) is 0 Å². The standard InChI is InChI=1S/C18H22O2/c1-18-9-8-14-13-5-3-12(19)10-11(13)2-4-15(14)16(18)6-7-17(18)20/h2,15-16H,3-10H2,1H3/t15-,16-,18+/m1/s1. The van der Waals surface area contributed by atoms with Crippen molar-refractivity contribution in [3.05, 3.63) is 22.8 Å². The average Bonchev–Trinajstić information content (AvgIpc) is 2.74. The first kappa shape index (κ1) is 12.6. The Morgan fingerprint density at radius 1 is 1.15 bits per heavy atom. The minimum Gasteiger partial charge on any atom is -0.299 e. The van der Waals surface area contributed by atoms with Crippen LogP contribution in [0.2, 0.25) is 0 Å². The summed E-state index contributed by atoms with van der Waals surface area (Å²) in [7, 11) is 0. The predicted molar refractivity (Wildman–Crippen MR) is 77.1 cm³/mol. The van der Waals surface area contributed by atoms with E-state index < -0.39 is 0 Å². The lowest BCUT2D eigenvalue weighted by atomic mass is 9.58. The molecule has 0 aliphatic heterocycles. The molecule has 3 atom stereocenters. The van der Waals surface area contributed by atoms with Gasteiger partial charge in [-0.15, -0.1) is 0 Å². The first-order chi connectivity index (χ1) is 9.59. The third-order valence-corrected chi connectivity index (χ3v) is 6.42. The van der Waals surface area contributed by atoms with Gasteiger partial charge in [0.15, 0.2) is 0 Å². The van der Waals surface area contributed by atoms with Crippen molar-refractivity contribution >= 4 is 11.6 Å². The van der Waals surface area contributed by atoms with Crippen LogP contribution in [0.3, 0.4) is 0 Å². The molecule has 0 heterocycles. The van der Waals surface area contributed by atoms with E-state index in [1.807, 2.05) is 0 Å². The van der Waals surface area contributed by atoms with Gasteiger partial charge in [-0.1, -0.05) is 18.6 Å². The zero-order chi connectivity index (χ0) is 13.9. The van der Waals surface area contributed by atoms with Gasteiger partial charge < -0.3 is 0 Å². The number of carbonyl (C=O) groups is 2. The van der Waals surface area contributed by atoms with Gasteiger partial charge in [0.2, 0.25) is 0 Å². The number of hydrogen-bond acceptors (Lipinski definition) is 2. The van der Waals surface area contributed by atoms with E-state index >= 15 is 0 Å². The van der Waals surface area contributed by atoms with E-state index in [0.717, 1.165) is 44.9 Å². The van der Waals surface area contributed by atoms with Crippen LogP contribution in [-0.2, 0) is 9.59 Å². The summed E-state index contributed by atoms with van der Waals surface area (Å²) in [6.45, 7) is 2.21. The molecule has 0 spiro atoms. The number of carbonyl (C=O) groups excluding carboxylic acids is 2. The van der Waals surface area contributed by atoms with Crippen molar-refractivity contribution in [2.75, 3.05) is 0 Å². The number of fused-ring (bicyclic) bond motifs is 4. The van der Waals surface area contributed by atoms with Gasteiger partial charge >= 0.3 is 0 Å². The summed E-state index contributed by atoms with van der Waals surface area (Å²) >= 11 is 0. The molecule has 0 saturated heterocycles. The highest BCUT2D eigenvalue weighted by Crippen LogP contribution is 2.57. The fraction of sp³-hybridized carbons (Fsp3) is 0.667. The van der Waals surface area contributed by atoms with E-state index in [1.54, 1.807) is 5.57 Å². The second-order valence-electron chi connectivity index (χ2n) is 7.28. The molecule has 0 bridgehead atoms. The molecule has 2 heteroatoms. The van der Waals surface area contributed by atoms with Gasteiger partial charge in [0.1, 0.15) is 11.6 Å². The van der Waals surface area contributed by atoms with Crippen LogP contribution < -0.4 is 0 Å². The van der Waals surface area contributed by atoms with E-state index in [2.05, 4.69) is 13.0 Å². The maximum atomic E-state index is 12.3. The summed E-state index contributed by atoms with van der Waals surface area (Å²) in [6, 6.07) is 0. The lowest BCUT2D eigenvalue weighted by Gasteiger charge is -2.45. The molecule has 0 radical (unpaired) electrons. The van der Waals surface area contributed by atoms with Crippen molar-refractivity contribution in [3.8, 4) is 0 Å². The third-order valence-electron chi connectivity index (χ3n) is 6.42. The summed E-state index contributed by atoms with van der Waals surface area (Å²) in [5.74, 6) is 2.05. The maximum Gasteiger partial charge on any atom is 0.139 e. The number of rotatable bonds is 0. The molecule has 0 amide bonds. The van der Waals surface area contributed by atoms with Crippen LogP contribution in [0.5, 0.6) is 0 Å². The first-order valence-corrected chi connectivity index (χ1v) is 8.06. The fourth-order valence-corrected chi connectivity index (χ4v) is 5.24. The Morgan fingerprint density at radius 3 is 2.85 bits per heavy atom. The molecule has 0 unspecified atom stereocenters. The van der Waals surface area contributed by atoms with E-state index in [4.69, 9.17) is 0 Å². The maximum absolute atomic E-state index is 12.3. The van der Waals surface area contributed by atoms with Gasteiger partial charge in [0, 0.05) is 24.7 Å². The van der Waals surface area contributed by atoms with E-state index in [-0.39, 0.29) is 5.41 Å². The Kier molecular flexibility index (Phi) is 2.61. The summed E-state index contributed by atoms with van der Waals surface area (Å²) in [4.78, 5) is 23.9. The number of Topliss-reactive ketones (excluding diaryl/α,β-unsaturated/α-hetero) is 2. The van der Waals surface area contributed by atoms with Crippen LogP contribution >= 0.6 is 0 Å². The summed E-state index contributed by atoms with van der Waals surface area (Å²) in [5.41, 5.74) is 4.39. The molecule has 3 fully saturated rings. The lowest BCUT2D eigenvalue weighted by Crippen LogP contribution is -2.39. The van der Waals surface area contributed by atoms with Gasteiger partial charge in [-0.2, -0.15) is 0 Å². The second-order valence-corrected chi connectivity index (χ2v) is 7.28. The smallest absolute Gasteiger partial charge is 0.139 e. The van der Waals surface area contributed by atoms with Crippen molar-refractivity contribution in [2.24, 2.45) is 17.3 Å². The highest BCUT2D eigenvalue weighted by molar-refractivity contribution is 5.88. The van der Waals surface area contributed by atoms with Gasteiger partial charge in [-0.05, 0) is 55.1 Å². The molecular formula is C18H22O2. The number of ketones is 2. The van der Waals surface area contributed by atoms with Crippen LogP contribution in [0.4, 0.5) is 0 Å². The summed E-state index contributed by atoms with van der Waals surface area (Å²) in [5, 5.41) is 0. The monoisotopic (exact) mass is 270 g/mol. The van der Waals surface area contributed by atoms with E-state index in [9.17, 15) is 9.59 Å². The quantitative estimate of drug-likeness (QED) is 0.671. The van der Waals surface area contributed by atoms with Crippen LogP contribution in [0.1, 0.15) is 58.3 Å². The zero-order valence-electron chi connectivity index (χ0n) is 12.2. The Morgan fingerprint density at radius 2 is 2.00 bits per heavy atom. The van der Waals surface area contributed by atoms with Crippen LogP contribution in [0.25, 0.3) is 0 Å². The van der Waals surface area contributed by atoms with E-state index in [0.29, 0.717) is 29.8 Å². The molecule has 4 aliphatic rings. The van der Waals surface area contributed by atoms with Gasteiger partial charge in [-0.25, -0.2) is 0 Å². The molecule has 4 rings (SSSR count). The van der Waals surface area contributed by atoms with Crippen LogP contribution in [0, 0.1) is 17.3 Å². The van der Waals surface area contributed by atoms with Gasteiger partial charge in [0.05, 0.1) is 0 Å². The number of hydrogen-bond donors (Lipinski definition) is 0. The highest BCUT2D eigenvalue weighted by Gasteiger charge is 2.52. The first-order valence-electron chi connectivity index (χ1n) is 8.06. The Balaban J connectivity index is 1.72. The largest absolute Gasteiger partial charge is 0.299 e. The molecule has 106 valence electrons. The molecule has 0 aromatic rings. The highest BCUT2D eigenvalue weighted by atomic mass is 16.1. The topological polar surface area (TPSA) is 34.1 Å². The summed E-state index contributed by atoms with van der Waals surface area (Å²) in [6.07, 6.45) is 9.71.